The van der Waals surface area contributed by atoms with Crippen LogP contribution in [0, 0.1) is 0 Å². The number of likely N-dealkylation sites (tertiary alicyclic amines) is 1. The lowest BCUT2D eigenvalue weighted by atomic mass is 10.0. The number of halogens is 1. The van der Waals surface area contributed by atoms with Crippen molar-refractivity contribution in [3.63, 3.8) is 0 Å². The summed E-state index contributed by atoms with van der Waals surface area (Å²) in [5.74, 6) is -0.441. The number of alkyl halides is 1. The monoisotopic (exact) mass is 436 g/mol. The number of carbonyl (C=O) groups excluding carboxylic acids is 2. The number of nitrogens with one attached hydrogen (secondary N) is 2. The summed E-state index contributed by atoms with van der Waals surface area (Å²) >= 11 is 6.23. The molecule has 0 aliphatic carbocycles. The minimum Gasteiger partial charge on any atom is -0.462 e. The van der Waals surface area contributed by atoms with Crippen molar-refractivity contribution in [2.75, 3.05) is 30.3 Å². The van der Waals surface area contributed by atoms with Crippen LogP contribution in [0.3, 0.4) is 0 Å². The standard InChI is InChI=1S/C21H29ClN4O4/c1-5-29-19(27)14-12-23-15-6-7-16(22)25-18(15)17(14)24-13-8-10-26(11-9-13)20(28)30-21(2,3)4/h6-7,12-13,16,25H,5,8-11H2,1-4H3,(H,23,24). The van der Waals surface area contributed by atoms with E-state index in [1.165, 1.54) is 6.20 Å². The molecule has 9 heteroatoms. The molecule has 2 N–H and O–H groups in total. The van der Waals surface area contributed by atoms with E-state index in [2.05, 4.69) is 15.6 Å². The van der Waals surface area contributed by atoms with Crippen LogP contribution in [-0.2, 0) is 9.47 Å². The molecular formula is C21H29ClN4O4. The van der Waals surface area contributed by atoms with Gasteiger partial charge < -0.3 is 25.0 Å². The smallest absolute Gasteiger partial charge is 0.410 e. The fourth-order valence-electron chi connectivity index (χ4n) is 3.41. The van der Waals surface area contributed by atoms with E-state index in [0.717, 1.165) is 12.8 Å². The average molecular weight is 437 g/mol. The number of esters is 1. The summed E-state index contributed by atoms with van der Waals surface area (Å²) < 4.78 is 10.7. The maximum absolute atomic E-state index is 12.5. The lowest BCUT2D eigenvalue weighted by Gasteiger charge is -2.35. The maximum Gasteiger partial charge on any atom is 0.410 e. The van der Waals surface area contributed by atoms with Crippen LogP contribution in [0.15, 0.2) is 12.3 Å². The second kappa shape index (κ2) is 9.12. The summed E-state index contributed by atoms with van der Waals surface area (Å²) in [7, 11) is 0. The molecular weight excluding hydrogens is 408 g/mol. The van der Waals surface area contributed by atoms with E-state index in [9.17, 15) is 9.59 Å². The molecule has 0 spiro atoms. The van der Waals surface area contributed by atoms with Crippen molar-refractivity contribution in [3.8, 4) is 0 Å². The Morgan fingerprint density at radius 1 is 1.33 bits per heavy atom. The number of ether oxygens (including phenoxy) is 2. The minimum absolute atomic E-state index is 0.0739. The summed E-state index contributed by atoms with van der Waals surface area (Å²) in [4.78, 5) is 30.9. The number of hydrogen-bond donors (Lipinski definition) is 2. The molecule has 30 heavy (non-hydrogen) atoms. The van der Waals surface area contributed by atoms with Crippen LogP contribution < -0.4 is 10.6 Å². The Balaban J connectivity index is 1.75. The first-order valence-corrected chi connectivity index (χ1v) is 10.6. The number of amides is 1. The highest BCUT2D eigenvalue weighted by atomic mass is 35.5. The minimum atomic E-state index is -0.520. The van der Waals surface area contributed by atoms with Crippen molar-refractivity contribution in [1.82, 2.24) is 9.88 Å². The summed E-state index contributed by atoms with van der Waals surface area (Å²) in [6.45, 7) is 8.74. The molecule has 8 nitrogen and oxygen atoms in total. The molecule has 1 atom stereocenters. The highest BCUT2D eigenvalue weighted by Crippen LogP contribution is 2.35. The first-order valence-electron chi connectivity index (χ1n) is 10.2. The Morgan fingerprint density at radius 3 is 2.67 bits per heavy atom. The zero-order valence-corrected chi connectivity index (χ0v) is 18.6. The molecule has 0 radical (unpaired) electrons. The van der Waals surface area contributed by atoms with Crippen molar-refractivity contribution >= 4 is 41.1 Å². The molecule has 1 amide bonds. The summed E-state index contributed by atoms with van der Waals surface area (Å²) in [6.07, 6.45) is 6.29. The largest absolute Gasteiger partial charge is 0.462 e. The zero-order valence-electron chi connectivity index (χ0n) is 17.8. The van der Waals surface area contributed by atoms with E-state index in [0.29, 0.717) is 35.7 Å². The second-order valence-corrected chi connectivity index (χ2v) is 8.79. The van der Waals surface area contributed by atoms with Gasteiger partial charge in [-0.25, -0.2) is 9.59 Å². The normalized spacial score (nSPS) is 19.0. The Labute approximate surface area is 182 Å². The molecule has 3 rings (SSSR count). The highest BCUT2D eigenvalue weighted by molar-refractivity contribution is 6.23. The van der Waals surface area contributed by atoms with E-state index in [1.54, 1.807) is 17.9 Å². The Kier molecular flexibility index (Phi) is 6.75. The van der Waals surface area contributed by atoms with Gasteiger partial charge in [-0.1, -0.05) is 11.6 Å². The molecule has 2 aliphatic heterocycles. The van der Waals surface area contributed by atoms with Gasteiger partial charge in [0.1, 0.15) is 16.7 Å². The zero-order chi connectivity index (χ0) is 21.9. The van der Waals surface area contributed by atoms with E-state index in [-0.39, 0.29) is 18.7 Å². The lowest BCUT2D eigenvalue weighted by Crippen LogP contribution is -2.44. The Hall–Kier alpha value is -2.48. The van der Waals surface area contributed by atoms with Crippen LogP contribution in [0.2, 0.25) is 0 Å². The molecule has 0 aromatic carbocycles. The molecule has 0 bridgehead atoms. The van der Waals surface area contributed by atoms with Crippen molar-refractivity contribution in [2.24, 2.45) is 0 Å². The van der Waals surface area contributed by atoms with Crippen molar-refractivity contribution < 1.29 is 19.1 Å². The number of anilines is 2. The van der Waals surface area contributed by atoms with Gasteiger partial charge in [-0.15, -0.1) is 0 Å². The molecule has 1 unspecified atom stereocenters. The van der Waals surface area contributed by atoms with Crippen LogP contribution in [-0.4, -0.2) is 58.8 Å². The SMILES string of the molecule is CCOC(=O)c1cnc2c(c1NC1CCN(C(=O)OC(C)(C)C)CC1)NC(Cl)C=C2. The molecule has 0 saturated carbocycles. The van der Waals surface area contributed by atoms with Gasteiger partial charge >= 0.3 is 12.1 Å². The van der Waals surface area contributed by atoms with Crippen molar-refractivity contribution in [3.05, 3.63) is 23.5 Å². The van der Waals surface area contributed by atoms with Gasteiger partial charge in [-0.3, -0.25) is 4.98 Å². The molecule has 3 heterocycles. The van der Waals surface area contributed by atoms with Gasteiger partial charge in [-0.05, 0) is 52.7 Å². The van der Waals surface area contributed by atoms with Gasteiger partial charge in [0.25, 0.3) is 0 Å². The van der Waals surface area contributed by atoms with E-state index in [1.807, 2.05) is 26.8 Å². The van der Waals surface area contributed by atoms with Crippen molar-refractivity contribution in [2.45, 2.75) is 57.7 Å². The van der Waals surface area contributed by atoms with Crippen LogP contribution in [0.1, 0.15) is 56.6 Å². The fourth-order valence-corrected chi connectivity index (χ4v) is 3.59. The van der Waals surface area contributed by atoms with Crippen LogP contribution in [0.25, 0.3) is 6.08 Å². The van der Waals surface area contributed by atoms with Gasteiger partial charge in [0, 0.05) is 25.3 Å². The van der Waals surface area contributed by atoms with Crippen LogP contribution in [0.4, 0.5) is 16.2 Å². The number of carbonyl (C=O) groups is 2. The predicted octanol–water partition coefficient (Wildman–Crippen LogP) is 4.07. The second-order valence-electron chi connectivity index (χ2n) is 8.32. The average Bonchev–Trinajstić information content (AvgIpc) is 2.67. The molecule has 1 fully saturated rings. The van der Waals surface area contributed by atoms with Crippen LogP contribution >= 0.6 is 11.6 Å². The fraction of sp³-hybridized carbons (Fsp3) is 0.571. The third-order valence-electron chi connectivity index (χ3n) is 4.80. The lowest BCUT2D eigenvalue weighted by molar-refractivity contribution is 0.0210. The molecule has 1 aromatic heterocycles. The number of piperidine rings is 1. The Bertz CT molecular complexity index is 829. The van der Waals surface area contributed by atoms with E-state index >= 15 is 0 Å². The summed E-state index contributed by atoms with van der Waals surface area (Å²) in [5.41, 5.74) is 1.45. The van der Waals surface area contributed by atoms with Gasteiger partial charge in [0.05, 0.1) is 23.7 Å². The third kappa shape index (κ3) is 5.36. The third-order valence-corrected chi connectivity index (χ3v) is 5.06. The topological polar surface area (TPSA) is 92.8 Å². The predicted molar refractivity (Wildman–Crippen MR) is 117 cm³/mol. The van der Waals surface area contributed by atoms with Gasteiger partial charge in [0.15, 0.2) is 0 Å². The molecule has 1 saturated heterocycles. The first-order chi connectivity index (χ1) is 14.2. The van der Waals surface area contributed by atoms with Gasteiger partial charge in [-0.2, -0.15) is 0 Å². The number of hydrogen-bond acceptors (Lipinski definition) is 7. The first kappa shape index (κ1) is 22.2. The maximum atomic E-state index is 12.5. The van der Waals surface area contributed by atoms with Crippen LogP contribution in [0.5, 0.6) is 0 Å². The molecule has 1 aromatic rings. The summed E-state index contributed by atoms with van der Waals surface area (Å²) in [6, 6.07) is 0.0739. The number of rotatable bonds is 4. The van der Waals surface area contributed by atoms with Gasteiger partial charge in [0.2, 0.25) is 0 Å². The number of nitrogens with zero attached hydrogens (tertiary/aromatic N) is 2. The number of fused-ring (bicyclic) bond motifs is 1. The van der Waals surface area contributed by atoms with E-state index in [4.69, 9.17) is 21.1 Å². The number of pyridine rings is 1. The quantitative estimate of drug-likeness (QED) is 0.417. The molecule has 2 aliphatic rings. The highest BCUT2D eigenvalue weighted by Gasteiger charge is 2.29. The van der Waals surface area contributed by atoms with E-state index < -0.39 is 17.1 Å². The number of aromatic nitrogens is 1. The Morgan fingerprint density at radius 2 is 2.03 bits per heavy atom. The van der Waals surface area contributed by atoms with Crippen molar-refractivity contribution in [1.29, 1.82) is 0 Å². The molecule has 164 valence electrons. The summed E-state index contributed by atoms with van der Waals surface area (Å²) in [5, 5.41) is 6.64.